The Labute approximate surface area is 304 Å². The minimum atomic E-state index is -3.64. The summed E-state index contributed by atoms with van der Waals surface area (Å²) in [7, 11) is -0.488. The number of aromatic nitrogens is 4. The maximum absolute atomic E-state index is 16.5. The summed E-state index contributed by atoms with van der Waals surface area (Å²) in [6.45, 7) is -0.288. The van der Waals surface area contributed by atoms with Crippen LogP contribution in [-0.4, -0.2) is 69.5 Å². The molecular formula is C38H35FN5O8P. The van der Waals surface area contributed by atoms with Crippen LogP contribution in [0.3, 0.4) is 0 Å². The summed E-state index contributed by atoms with van der Waals surface area (Å²) in [5.41, 5.74) is 1.64. The standard InChI is InChI=1S/C38H35FN5O8P/c1-48-28-17-13-26(14-18-28)38(25-11-7-4-8-12-25,27-15-19-29(49-2)20-16-27)50-21-30-33(52-53(46)47)31(39)37(51-30)44-23-42-32-34(40-22-41-35(32)44)43-36(45)24-9-5-3-6-10-24/h3-20,22-23,30-31,33,37,53H,21H2,1-2H3,(H,46,47)(H,40,41,43,45)/t30-,31+,33+,37-/m1/s1. The molecule has 1 aliphatic heterocycles. The fourth-order valence-electron chi connectivity index (χ4n) is 6.49. The second kappa shape index (κ2) is 15.6. The summed E-state index contributed by atoms with van der Waals surface area (Å²) in [6.07, 6.45) is -3.56. The Kier molecular flexibility index (Phi) is 10.6. The van der Waals surface area contributed by atoms with Gasteiger partial charge in [-0.3, -0.25) is 13.9 Å². The number of hydrogen-bond acceptors (Lipinski definition) is 10. The number of nitrogens with one attached hydrogen (secondary N) is 1. The molecule has 6 aromatic rings. The van der Waals surface area contributed by atoms with Crippen LogP contribution >= 0.6 is 8.25 Å². The van der Waals surface area contributed by atoms with E-state index in [1.165, 1.54) is 17.2 Å². The number of halogens is 1. The van der Waals surface area contributed by atoms with Crippen LogP contribution in [0.4, 0.5) is 10.2 Å². The highest BCUT2D eigenvalue weighted by atomic mass is 31.1. The maximum Gasteiger partial charge on any atom is 0.317 e. The summed E-state index contributed by atoms with van der Waals surface area (Å²) in [6, 6.07) is 32.8. The van der Waals surface area contributed by atoms with Gasteiger partial charge in [-0.15, -0.1) is 0 Å². The summed E-state index contributed by atoms with van der Waals surface area (Å²) < 4.78 is 59.3. The number of methoxy groups -OCH3 is 2. The molecule has 0 bridgehead atoms. The first-order valence-corrected chi connectivity index (χ1v) is 17.8. The molecule has 0 radical (unpaired) electrons. The lowest BCUT2D eigenvalue weighted by molar-refractivity contribution is -0.0912. The normalized spacial score (nSPS) is 19.2. The number of carbonyl (C=O) groups is 1. The number of rotatable bonds is 13. The Morgan fingerprint density at radius 1 is 0.868 bits per heavy atom. The van der Waals surface area contributed by atoms with Gasteiger partial charge in [0.05, 0.1) is 27.2 Å². The molecule has 53 heavy (non-hydrogen) atoms. The molecule has 1 amide bonds. The van der Waals surface area contributed by atoms with E-state index >= 15 is 4.39 Å². The molecule has 13 nitrogen and oxygen atoms in total. The average Bonchev–Trinajstić information content (AvgIpc) is 3.76. The second-order valence-electron chi connectivity index (χ2n) is 12.0. The lowest BCUT2D eigenvalue weighted by Gasteiger charge is -2.37. The van der Waals surface area contributed by atoms with Crippen LogP contribution in [0.15, 0.2) is 122 Å². The molecule has 1 unspecified atom stereocenters. The molecule has 272 valence electrons. The molecule has 0 spiro atoms. The van der Waals surface area contributed by atoms with Gasteiger partial charge in [-0.2, -0.15) is 0 Å². The van der Waals surface area contributed by atoms with Crippen molar-refractivity contribution in [2.75, 3.05) is 26.1 Å². The Bertz CT molecular complexity index is 2150. The number of imidazole rings is 1. The molecule has 3 heterocycles. The molecular weight excluding hydrogens is 704 g/mol. The summed E-state index contributed by atoms with van der Waals surface area (Å²) in [5, 5.41) is 2.73. The smallest absolute Gasteiger partial charge is 0.317 e. The predicted octanol–water partition coefficient (Wildman–Crippen LogP) is 6.11. The van der Waals surface area contributed by atoms with E-state index < -0.39 is 44.4 Å². The van der Waals surface area contributed by atoms with Crippen molar-refractivity contribution < 1.29 is 42.1 Å². The van der Waals surface area contributed by atoms with Crippen molar-refractivity contribution in [2.45, 2.75) is 30.2 Å². The zero-order valence-corrected chi connectivity index (χ0v) is 29.5. The van der Waals surface area contributed by atoms with Gasteiger partial charge in [0.15, 0.2) is 29.4 Å². The Morgan fingerprint density at radius 3 is 2.04 bits per heavy atom. The summed E-state index contributed by atoms with van der Waals surface area (Å²) >= 11 is 0. The van der Waals surface area contributed by atoms with Crippen LogP contribution in [-0.2, 0) is 24.2 Å². The van der Waals surface area contributed by atoms with E-state index in [2.05, 4.69) is 20.3 Å². The van der Waals surface area contributed by atoms with Crippen molar-refractivity contribution in [3.05, 3.63) is 144 Å². The second-order valence-corrected chi connectivity index (χ2v) is 12.8. The van der Waals surface area contributed by atoms with E-state index in [1.54, 1.807) is 44.6 Å². The molecule has 7 rings (SSSR count). The van der Waals surface area contributed by atoms with Crippen molar-refractivity contribution in [2.24, 2.45) is 0 Å². The molecule has 2 N–H and O–H groups in total. The lowest BCUT2D eigenvalue weighted by atomic mass is 9.80. The highest BCUT2D eigenvalue weighted by molar-refractivity contribution is 7.32. The average molecular weight is 740 g/mol. The third kappa shape index (κ3) is 7.15. The van der Waals surface area contributed by atoms with Crippen LogP contribution in [0.5, 0.6) is 11.5 Å². The van der Waals surface area contributed by atoms with E-state index in [0.717, 1.165) is 16.7 Å². The fourth-order valence-corrected chi connectivity index (χ4v) is 7.00. The first kappa shape index (κ1) is 35.9. The number of alkyl halides is 1. The van der Waals surface area contributed by atoms with E-state index in [1.807, 2.05) is 78.9 Å². The number of carbonyl (C=O) groups excluding carboxylic acids is 1. The minimum Gasteiger partial charge on any atom is -0.497 e. The van der Waals surface area contributed by atoms with Gasteiger partial charge in [0.2, 0.25) is 0 Å². The Hall–Kier alpha value is -5.50. The lowest BCUT2D eigenvalue weighted by Crippen LogP contribution is -2.39. The highest BCUT2D eigenvalue weighted by Crippen LogP contribution is 2.44. The molecule has 0 saturated carbocycles. The van der Waals surface area contributed by atoms with Crippen LogP contribution in [0, 0.1) is 0 Å². The maximum atomic E-state index is 16.5. The van der Waals surface area contributed by atoms with Crippen LogP contribution in [0.2, 0.25) is 0 Å². The van der Waals surface area contributed by atoms with Gasteiger partial charge in [0.25, 0.3) is 5.91 Å². The molecule has 15 heteroatoms. The molecule has 0 aliphatic carbocycles. The van der Waals surface area contributed by atoms with Crippen LogP contribution in [0.1, 0.15) is 33.3 Å². The van der Waals surface area contributed by atoms with E-state index in [9.17, 15) is 14.3 Å². The van der Waals surface area contributed by atoms with Gasteiger partial charge < -0.3 is 33.7 Å². The largest absolute Gasteiger partial charge is 0.497 e. The quantitative estimate of drug-likeness (QED) is 0.104. The number of amides is 1. The molecule has 1 aliphatic rings. The first-order valence-electron chi connectivity index (χ1n) is 16.5. The molecule has 5 atom stereocenters. The van der Waals surface area contributed by atoms with Gasteiger partial charge in [0, 0.05) is 5.56 Å². The molecule has 2 aromatic heterocycles. The van der Waals surface area contributed by atoms with Crippen molar-refractivity contribution in [1.82, 2.24) is 19.5 Å². The summed E-state index contributed by atoms with van der Waals surface area (Å²) in [5.74, 6) is 0.951. The van der Waals surface area contributed by atoms with E-state index in [4.69, 9.17) is 23.5 Å². The third-order valence-corrected chi connectivity index (χ3v) is 9.52. The van der Waals surface area contributed by atoms with E-state index in [-0.39, 0.29) is 23.6 Å². The van der Waals surface area contributed by atoms with Crippen LogP contribution in [0.25, 0.3) is 11.2 Å². The van der Waals surface area contributed by atoms with Gasteiger partial charge in [-0.05, 0) is 53.1 Å². The number of nitrogens with zero attached hydrogens (tertiary/aromatic N) is 4. The third-order valence-electron chi connectivity index (χ3n) is 9.04. The Morgan fingerprint density at radius 2 is 1.45 bits per heavy atom. The molecule has 1 saturated heterocycles. The number of anilines is 1. The van der Waals surface area contributed by atoms with Crippen molar-refractivity contribution in [1.29, 1.82) is 0 Å². The monoisotopic (exact) mass is 739 g/mol. The predicted molar refractivity (Wildman–Crippen MR) is 193 cm³/mol. The fraction of sp³-hybridized carbons (Fsp3) is 0.211. The van der Waals surface area contributed by atoms with Crippen LogP contribution < -0.4 is 14.8 Å². The number of hydrogen-bond donors (Lipinski definition) is 2. The van der Waals surface area contributed by atoms with Gasteiger partial charge in [-0.1, -0.05) is 72.8 Å². The zero-order valence-electron chi connectivity index (χ0n) is 28.5. The van der Waals surface area contributed by atoms with Crippen molar-refractivity contribution in [3.8, 4) is 11.5 Å². The minimum absolute atomic E-state index is 0.107. The van der Waals surface area contributed by atoms with Gasteiger partial charge in [0.1, 0.15) is 35.6 Å². The zero-order chi connectivity index (χ0) is 37.0. The number of ether oxygens (including phenoxy) is 4. The SMILES string of the molecule is COc1ccc(C(OC[C@H]2O[C@@H](n3cnc4c(NC(=O)c5ccccc5)ncnc43)[C@@H](F)[C@H]2O[PH](=O)O)(c2ccccc2)c2ccc(OC)cc2)cc1. The first-order chi connectivity index (χ1) is 25.8. The van der Waals surface area contributed by atoms with E-state index in [0.29, 0.717) is 17.1 Å². The molecule has 4 aromatic carbocycles. The van der Waals surface area contributed by atoms with Gasteiger partial charge in [-0.25, -0.2) is 19.3 Å². The summed E-state index contributed by atoms with van der Waals surface area (Å²) in [4.78, 5) is 35.6. The van der Waals surface area contributed by atoms with Crippen molar-refractivity contribution >= 4 is 31.1 Å². The number of benzene rings is 4. The Balaban J connectivity index is 1.24. The topological polar surface area (TPSA) is 156 Å². The van der Waals surface area contributed by atoms with Crippen molar-refractivity contribution in [3.63, 3.8) is 0 Å². The molecule has 1 fully saturated rings. The number of fused-ring (bicyclic) bond motifs is 1. The highest BCUT2D eigenvalue weighted by Gasteiger charge is 2.50. The van der Waals surface area contributed by atoms with Gasteiger partial charge >= 0.3 is 8.25 Å².